The lowest BCUT2D eigenvalue weighted by molar-refractivity contribution is -0.120. The van der Waals surface area contributed by atoms with E-state index in [1.54, 1.807) is 0 Å². The number of anilines is 1. The number of piperazine rings is 1. The van der Waals surface area contributed by atoms with Gasteiger partial charge in [0.1, 0.15) is 12.4 Å². The van der Waals surface area contributed by atoms with Gasteiger partial charge in [-0.05, 0) is 61.9 Å². The van der Waals surface area contributed by atoms with Crippen molar-refractivity contribution in [1.82, 2.24) is 9.80 Å². The van der Waals surface area contributed by atoms with E-state index >= 15 is 0 Å². The zero-order valence-corrected chi connectivity index (χ0v) is 17.6. The van der Waals surface area contributed by atoms with Gasteiger partial charge in [0.15, 0.2) is 0 Å². The third-order valence-electron chi connectivity index (χ3n) is 5.54. The smallest absolute Gasteiger partial charge is 0.241 e. The molecule has 1 aliphatic carbocycles. The lowest BCUT2D eigenvalue weighted by atomic mass is 10.2. The van der Waals surface area contributed by atoms with Gasteiger partial charge in [-0.25, -0.2) is 0 Å². The average Bonchev–Trinajstić information content (AvgIpc) is 3.54. The van der Waals surface area contributed by atoms with Gasteiger partial charge in [-0.15, -0.1) is 0 Å². The zero-order valence-electron chi connectivity index (χ0n) is 16.9. The van der Waals surface area contributed by atoms with Gasteiger partial charge in [0.25, 0.3) is 0 Å². The molecule has 4 rings (SSSR count). The first-order valence-electron chi connectivity index (χ1n) is 10.3. The molecule has 1 amide bonds. The second-order valence-electron chi connectivity index (χ2n) is 7.99. The van der Waals surface area contributed by atoms with E-state index in [0.717, 1.165) is 56.0 Å². The van der Waals surface area contributed by atoms with Crippen molar-refractivity contribution in [2.45, 2.75) is 25.5 Å². The Morgan fingerprint density at radius 2 is 1.83 bits per heavy atom. The number of hydrogen-bond acceptors (Lipinski definition) is 4. The Morgan fingerprint density at radius 3 is 2.48 bits per heavy atom. The second-order valence-corrected chi connectivity index (χ2v) is 8.42. The summed E-state index contributed by atoms with van der Waals surface area (Å²) in [5.41, 5.74) is 1.99. The maximum atomic E-state index is 13.0. The van der Waals surface area contributed by atoms with E-state index in [-0.39, 0.29) is 5.91 Å². The molecule has 0 bridgehead atoms. The van der Waals surface area contributed by atoms with Crippen LogP contribution in [0.1, 0.15) is 18.4 Å². The van der Waals surface area contributed by atoms with Crippen molar-refractivity contribution in [3.63, 3.8) is 0 Å². The molecule has 0 spiro atoms. The summed E-state index contributed by atoms with van der Waals surface area (Å²) in [5, 5.41) is 0.709. The molecule has 1 saturated carbocycles. The number of halogens is 1. The van der Waals surface area contributed by atoms with Crippen molar-refractivity contribution in [3.05, 3.63) is 59.1 Å². The van der Waals surface area contributed by atoms with Gasteiger partial charge in [0.2, 0.25) is 5.91 Å². The standard InChI is InChI=1S/C23H28ClN3O2/c1-25-11-13-26(14-12-25)16-23(28)27(20-5-6-20)21-7-9-22(10-8-21)29-17-18-3-2-4-19(24)15-18/h2-4,7-10,15,20H,5-6,11-14,16-17H2,1H3. The van der Waals surface area contributed by atoms with Crippen LogP contribution in [0.3, 0.4) is 0 Å². The van der Waals surface area contributed by atoms with Crippen LogP contribution < -0.4 is 9.64 Å². The summed E-state index contributed by atoms with van der Waals surface area (Å²) in [6.45, 7) is 4.92. The number of amides is 1. The van der Waals surface area contributed by atoms with Gasteiger partial charge in [0.05, 0.1) is 6.54 Å². The Bertz CT molecular complexity index is 830. The molecule has 1 heterocycles. The summed E-state index contributed by atoms with van der Waals surface area (Å²) in [7, 11) is 2.13. The Kier molecular flexibility index (Phi) is 6.38. The minimum Gasteiger partial charge on any atom is -0.489 e. The van der Waals surface area contributed by atoms with Crippen molar-refractivity contribution >= 4 is 23.2 Å². The van der Waals surface area contributed by atoms with Crippen molar-refractivity contribution < 1.29 is 9.53 Å². The highest BCUT2D eigenvalue weighted by molar-refractivity contribution is 6.30. The lowest BCUT2D eigenvalue weighted by Crippen LogP contribution is -2.49. The third kappa shape index (κ3) is 5.50. The van der Waals surface area contributed by atoms with Gasteiger partial charge < -0.3 is 14.5 Å². The van der Waals surface area contributed by atoms with Gasteiger partial charge in [-0.3, -0.25) is 9.69 Å². The van der Waals surface area contributed by atoms with E-state index in [1.807, 2.05) is 53.4 Å². The molecule has 0 radical (unpaired) electrons. The van der Waals surface area contributed by atoms with Crippen LogP contribution in [0.25, 0.3) is 0 Å². The fourth-order valence-corrected chi connectivity index (χ4v) is 3.87. The number of nitrogens with zero attached hydrogens (tertiary/aromatic N) is 3. The molecule has 0 N–H and O–H groups in total. The minimum atomic E-state index is 0.199. The van der Waals surface area contributed by atoms with Crippen LogP contribution in [0.2, 0.25) is 5.02 Å². The highest BCUT2D eigenvalue weighted by atomic mass is 35.5. The number of benzene rings is 2. The predicted octanol–water partition coefficient (Wildman–Crippen LogP) is 3.66. The van der Waals surface area contributed by atoms with E-state index in [1.165, 1.54) is 0 Å². The number of hydrogen-bond donors (Lipinski definition) is 0. The molecule has 2 aromatic rings. The normalized spacial score (nSPS) is 17.9. The fourth-order valence-electron chi connectivity index (χ4n) is 3.66. The average molecular weight is 414 g/mol. The molecule has 0 unspecified atom stereocenters. The topological polar surface area (TPSA) is 36.0 Å². The van der Waals surface area contributed by atoms with Crippen molar-refractivity contribution in [1.29, 1.82) is 0 Å². The molecule has 5 nitrogen and oxygen atoms in total. The van der Waals surface area contributed by atoms with Gasteiger partial charge in [0, 0.05) is 42.9 Å². The zero-order chi connectivity index (χ0) is 20.2. The predicted molar refractivity (Wildman–Crippen MR) is 117 cm³/mol. The molecule has 6 heteroatoms. The summed E-state index contributed by atoms with van der Waals surface area (Å²) in [4.78, 5) is 19.6. The first kappa shape index (κ1) is 20.2. The maximum Gasteiger partial charge on any atom is 0.241 e. The van der Waals surface area contributed by atoms with Crippen LogP contribution in [0, 0.1) is 0 Å². The monoisotopic (exact) mass is 413 g/mol. The Labute approximate surface area is 177 Å². The first-order valence-corrected chi connectivity index (χ1v) is 10.7. The highest BCUT2D eigenvalue weighted by Gasteiger charge is 2.34. The van der Waals surface area contributed by atoms with Crippen LogP contribution >= 0.6 is 11.6 Å². The number of ether oxygens (including phenoxy) is 1. The molecule has 29 heavy (non-hydrogen) atoms. The van der Waals surface area contributed by atoms with E-state index in [4.69, 9.17) is 16.3 Å². The SMILES string of the molecule is CN1CCN(CC(=O)N(c2ccc(OCc3cccc(Cl)c3)cc2)C2CC2)CC1. The molecular weight excluding hydrogens is 386 g/mol. The van der Waals surface area contributed by atoms with E-state index in [2.05, 4.69) is 16.8 Å². The Morgan fingerprint density at radius 1 is 1.10 bits per heavy atom. The molecule has 2 aliphatic rings. The van der Waals surface area contributed by atoms with E-state index in [9.17, 15) is 4.79 Å². The number of carbonyl (C=O) groups is 1. The molecule has 2 aromatic carbocycles. The largest absolute Gasteiger partial charge is 0.489 e. The molecule has 154 valence electrons. The van der Waals surface area contributed by atoms with Crippen molar-refractivity contribution in [2.75, 3.05) is 44.7 Å². The van der Waals surface area contributed by atoms with Gasteiger partial charge in [-0.1, -0.05) is 23.7 Å². The molecule has 0 aromatic heterocycles. The summed E-state index contributed by atoms with van der Waals surface area (Å²) >= 11 is 6.03. The molecule has 2 fully saturated rings. The molecular formula is C23H28ClN3O2. The van der Waals surface area contributed by atoms with Gasteiger partial charge >= 0.3 is 0 Å². The molecule has 1 aliphatic heterocycles. The highest BCUT2D eigenvalue weighted by Crippen LogP contribution is 2.33. The quantitative estimate of drug-likeness (QED) is 0.694. The van der Waals surface area contributed by atoms with Crippen LogP contribution in [0.15, 0.2) is 48.5 Å². The molecule has 1 saturated heterocycles. The Balaban J connectivity index is 1.37. The van der Waals surface area contributed by atoms with Crippen LogP contribution in [0.5, 0.6) is 5.75 Å². The summed E-state index contributed by atoms with van der Waals surface area (Å²) in [5.74, 6) is 0.987. The third-order valence-corrected chi connectivity index (χ3v) is 5.78. The van der Waals surface area contributed by atoms with Crippen LogP contribution in [0.4, 0.5) is 5.69 Å². The number of carbonyl (C=O) groups excluding carboxylic acids is 1. The summed E-state index contributed by atoms with van der Waals surface area (Å²) < 4.78 is 5.87. The second kappa shape index (κ2) is 9.16. The van der Waals surface area contributed by atoms with Crippen LogP contribution in [-0.2, 0) is 11.4 Å². The summed E-state index contributed by atoms with van der Waals surface area (Å²) in [6.07, 6.45) is 2.17. The van der Waals surface area contributed by atoms with E-state index < -0.39 is 0 Å². The first-order chi connectivity index (χ1) is 14.1. The minimum absolute atomic E-state index is 0.199. The number of rotatable bonds is 7. The Hall–Kier alpha value is -2.08. The number of likely N-dealkylation sites (N-methyl/N-ethyl adjacent to an activating group) is 1. The van der Waals surface area contributed by atoms with Crippen molar-refractivity contribution in [2.24, 2.45) is 0 Å². The molecule has 0 atom stereocenters. The summed E-state index contributed by atoms with van der Waals surface area (Å²) in [6, 6.07) is 15.9. The van der Waals surface area contributed by atoms with Gasteiger partial charge in [-0.2, -0.15) is 0 Å². The van der Waals surface area contributed by atoms with E-state index in [0.29, 0.717) is 24.2 Å². The van der Waals surface area contributed by atoms with Crippen LogP contribution in [-0.4, -0.2) is 61.5 Å². The maximum absolute atomic E-state index is 13.0. The lowest BCUT2D eigenvalue weighted by Gasteiger charge is -2.33. The van der Waals surface area contributed by atoms with Crippen molar-refractivity contribution in [3.8, 4) is 5.75 Å². The fraction of sp³-hybridized carbons (Fsp3) is 0.435.